The summed E-state index contributed by atoms with van der Waals surface area (Å²) in [6, 6.07) is 11.4. The number of carboxylic acids is 1. The first-order valence-electron chi connectivity index (χ1n) is 7.63. The SMILES string of the molecule is Cc1cc(Oc2ccc(-c3nc(CC(=O)O)cs3)cc2)cc(C)c1Cl. The third kappa shape index (κ3) is 4.18. The Hall–Kier alpha value is -2.37. The van der Waals surface area contributed by atoms with Crippen molar-refractivity contribution in [3.05, 3.63) is 63.6 Å². The predicted molar refractivity (Wildman–Crippen MR) is 99.9 cm³/mol. The summed E-state index contributed by atoms with van der Waals surface area (Å²) in [5, 5.41) is 12.1. The fourth-order valence-electron chi connectivity index (χ4n) is 2.44. The van der Waals surface area contributed by atoms with Crippen LogP contribution in [0.25, 0.3) is 10.6 Å². The standard InChI is InChI=1S/C19H16ClNO3S/c1-11-7-16(8-12(2)18(11)20)24-15-5-3-13(4-6-15)19-21-14(10-25-19)9-17(22)23/h3-8,10H,9H2,1-2H3,(H,22,23). The van der Waals surface area contributed by atoms with Gasteiger partial charge in [-0.15, -0.1) is 11.3 Å². The topological polar surface area (TPSA) is 59.4 Å². The van der Waals surface area contributed by atoms with E-state index in [2.05, 4.69) is 4.98 Å². The van der Waals surface area contributed by atoms with E-state index in [-0.39, 0.29) is 6.42 Å². The largest absolute Gasteiger partial charge is 0.481 e. The molecule has 6 heteroatoms. The molecule has 0 saturated heterocycles. The first-order chi connectivity index (χ1) is 11.9. The number of carbonyl (C=O) groups is 1. The number of rotatable bonds is 5. The van der Waals surface area contributed by atoms with E-state index in [4.69, 9.17) is 21.4 Å². The second-order valence-corrected chi connectivity index (χ2v) is 6.95. The average Bonchev–Trinajstić information content (AvgIpc) is 3.01. The van der Waals surface area contributed by atoms with Crippen LogP contribution in [-0.2, 0) is 11.2 Å². The summed E-state index contributed by atoms with van der Waals surface area (Å²) in [5.74, 6) is 0.575. The van der Waals surface area contributed by atoms with Gasteiger partial charge in [-0.05, 0) is 61.4 Å². The lowest BCUT2D eigenvalue weighted by Gasteiger charge is -2.10. The molecule has 0 amide bonds. The zero-order chi connectivity index (χ0) is 18.0. The number of hydrogen-bond donors (Lipinski definition) is 1. The highest BCUT2D eigenvalue weighted by atomic mass is 35.5. The van der Waals surface area contributed by atoms with E-state index in [1.54, 1.807) is 5.38 Å². The number of aromatic nitrogens is 1. The van der Waals surface area contributed by atoms with Gasteiger partial charge in [-0.1, -0.05) is 11.6 Å². The van der Waals surface area contributed by atoms with E-state index in [1.807, 2.05) is 50.2 Å². The molecule has 0 bridgehead atoms. The lowest BCUT2D eigenvalue weighted by Crippen LogP contribution is -1.99. The van der Waals surface area contributed by atoms with E-state index in [0.29, 0.717) is 11.4 Å². The Labute approximate surface area is 154 Å². The Balaban J connectivity index is 1.76. The molecule has 4 nitrogen and oxygen atoms in total. The minimum atomic E-state index is -0.880. The molecule has 0 spiro atoms. The second-order valence-electron chi connectivity index (χ2n) is 5.71. The molecule has 3 aromatic rings. The summed E-state index contributed by atoms with van der Waals surface area (Å²) in [7, 11) is 0. The maximum absolute atomic E-state index is 10.7. The van der Waals surface area contributed by atoms with Crippen LogP contribution >= 0.6 is 22.9 Å². The summed E-state index contributed by atoms with van der Waals surface area (Å²) in [6.07, 6.45) is -0.0625. The highest BCUT2D eigenvalue weighted by Gasteiger charge is 2.09. The van der Waals surface area contributed by atoms with Crippen molar-refractivity contribution in [2.45, 2.75) is 20.3 Å². The maximum Gasteiger partial charge on any atom is 0.309 e. The highest BCUT2D eigenvalue weighted by Crippen LogP contribution is 2.31. The van der Waals surface area contributed by atoms with Crippen LogP contribution in [0.15, 0.2) is 41.8 Å². The summed E-state index contributed by atoms with van der Waals surface area (Å²) in [6.45, 7) is 3.89. The van der Waals surface area contributed by atoms with Crippen LogP contribution in [0.4, 0.5) is 0 Å². The van der Waals surface area contributed by atoms with Gasteiger partial charge in [0.25, 0.3) is 0 Å². The van der Waals surface area contributed by atoms with Gasteiger partial charge in [0.1, 0.15) is 16.5 Å². The van der Waals surface area contributed by atoms with Crippen LogP contribution < -0.4 is 4.74 Å². The number of ether oxygens (including phenoxy) is 1. The molecule has 0 unspecified atom stereocenters. The predicted octanol–water partition coefficient (Wildman–Crippen LogP) is 5.50. The van der Waals surface area contributed by atoms with Crippen LogP contribution in [0, 0.1) is 13.8 Å². The van der Waals surface area contributed by atoms with Crippen LogP contribution in [0.3, 0.4) is 0 Å². The van der Waals surface area contributed by atoms with Crippen LogP contribution in [-0.4, -0.2) is 16.1 Å². The van der Waals surface area contributed by atoms with Crippen molar-refractivity contribution in [2.75, 3.05) is 0 Å². The van der Waals surface area contributed by atoms with Gasteiger partial charge in [-0.3, -0.25) is 4.79 Å². The number of benzene rings is 2. The summed E-state index contributed by atoms with van der Waals surface area (Å²) < 4.78 is 5.89. The van der Waals surface area contributed by atoms with Gasteiger partial charge in [0, 0.05) is 16.0 Å². The van der Waals surface area contributed by atoms with Crippen LogP contribution in [0.1, 0.15) is 16.8 Å². The van der Waals surface area contributed by atoms with Crippen molar-refractivity contribution in [1.82, 2.24) is 4.98 Å². The van der Waals surface area contributed by atoms with E-state index in [0.717, 1.165) is 32.5 Å². The maximum atomic E-state index is 10.7. The molecule has 0 radical (unpaired) electrons. The van der Waals surface area contributed by atoms with Crippen LogP contribution in [0.5, 0.6) is 11.5 Å². The molecule has 0 aliphatic rings. The quantitative estimate of drug-likeness (QED) is 0.641. The van der Waals surface area contributed by atoms with E-state index in [9.17, 15) is 4.79 Å². The van der Waals surface area contributed by atoms with Gasteiger partial charge < -0.3 is 9.84 Å². The number of nitrogens with zero attached hydrogens (tertiary/aromatic N) is 1. The Morgan fingerprint density at radius 1 is 1.16 bits per heavy atom. The summed E-state index contributed by atoms with van der Waals surface area (Å²) in [5.41, 5.74) is 3.45. The Morgan fingerprint density at radius 3 is 2.40 bits per heavy atom. The normalized spacial score (nSPS) is 10.7. The first-order valence-corrected chi connectivity index (χ1v) is 8.89. The number of hydrogen-bond acceptors (Lipinski definition) is 4. The first kappa shape index (κ1) is 17.5. The zero-order valence-electron chi connectivity index (χ0n) is 13.7. The van der Waals surface area contributed by atoms with Crippen molar-refractivity contribution in [1.29, 1.82) is 0 Å². The zero-order valence-corrected chi connectivity index (χ0v) is 15.3. The van der Waals surface area contributed by atoms with E-state index < -0.39 is 5.97 Å². The third-order valence-electron chi connectivity index (χ3n) is 3.63. The average molecular weight is 374 g/mol. The monoisotopic (exact) mass is 373 g/mol. The number of aryl methyl sites for hydroxylation is 2. The number of carboxylic acid groups (broad SMARTS) is 1. The van der Waals surface area contributed by atoms with E-state index >= 15 is 0 Å². The molecule has 1 heterocycles. The molecule has 1 aromatic heterocycles. The Morgan fingerprint density at radius 2 is 1.80 bits per heavy atom. The number of halogens is 1. The molecule has 1 N–H and O–H groups in total. The van der Waals surface area contributed by atoms with Crippen LogP contribution in [0.2, 0.25) is 5.02 Å². The lowest BCUT2D eigenvalue weighted by atomic mass is 10.1. The van der Waals surface area contributed by atoms with Gasteiger partial charge >= 0.3 is 5.97 Å². The van der Waals surface area contributed by atoms with Gasteiger partial charge in [0.15, 0.2) is 0 Å². The minimum absolute atomic E-state index is 0.0625. The van der Waals surface area contributed by atoms with Crippen molar-refractivity contribution in [3.8, 4) is 22.1 Å². The highest BCUT2D eigenvalue weighted by molar-refractivity contribution is 7.13. The van der Waals surface area contributed by atoms with Gasteiger partial charge in [-0.2, -0.15) is 0 Å². The Bertz CT molecular complexity index is 896. The number of aliphatic carboxylic acids is 1. The molecule has 0 fully saturated rings. The molecule has 0 aliphatic carbocycles. The van der Waals surface area contributed by atoms with Crippen molar-refractivity contribution >= 4 is 28.9 Å². The molecule has 0 atom stereocenters. The fourth-order valence-corrected chi connectivity index (χ4v) is 3.38. The van der Waals surface area contributed by atoms with Crippen molar-refractivity contribution < 1.29 is 14.6 Å². The lowest BCUT2D eigenvalue weighted by molar-refractivity contribution is -0.136. The van der Waals surface area contributed by atoms with Gasteiger partial charge in [0.2, 0.25) is 0 Å². The molecule has 128 valence electrons. The molecule has 0 saturated carbocycles. The number of thiazole rings is 1. The fraction of sp³-hybridized carbons (Fsp3) is 0.158. The van der Waals surface area contributed by atoms with E-state index in [1.165, 1.54) is 11.3 Å². The Kier molecular flexibility index (Phi) is 5.06. The van der Waals surface area contributed by atoms with Crippen molar-refractivity contribution in [3.63, 3.8) is 0 Å². The van der Waals surface area contributed by atoms with Crippen molar-refractivity contribution in [2.24, 2.45) is 0 Å². The third-order valence-corrected chi connectivity index (χ3v) is 5.17. The minimum Gasteiger partial charge on any atom is -0.481 e. The molecule has 0 aliphatic heterocycles. The molecular formula is C19H16ClNO3S. The smallest absolute Gasteiger partial charge is 0.309 e. The van der Waals surface area contributed by atoms with Gasteiger partial charge in [-0.25, -0.2) is 4.98 Å². The molecule has 2 aromatic carbocycles. The molecule has 25 heavy (non-hydrogen) atoms. The second kappa shape index (κ2) is 7.25. The van der Waals surface area contributed by atoms with Gasteiger partial charge in [0.05, 0.1) is 12.1 Å². The molecular weight excluding hydrogens is 358 g/mol. The summed E-state index contributed by atoms with van der Waals surface area (Å²) in [4.78, 5) is 15.1. The summed E-state index contributed by atoms with van der Waals surface area (Å²) >= 11 is 7.61. The molecule has 3 rings (SSSR count).